The smallest absolute Gasteiger partial charge is 0.336 e. The van der Waals surface area contributed by atoms with Gasteiger partial charge in [-0.1, -0.05) is 57.4 Å². The molecule has 1 aliphatic heterocycles. The molecule has 3 aromatic heterocycles. The zero-order valence-corrected chi connectivity index (χ0v) is 25.7. The summed E-state index contributed by atoms with van der Waals surface area (Å²) < 4.78 is 3.73. The van der Waals surface area contributed by atoms with Crippen molar-refractivity contribution in [2.24, 2.45) is 14.1 Å². The van der Waals surface area contributed by atoms with Gasteiger partial charge >= 0.3 is 5.97 Å². The largest absolute Gasteiger partial charge is 0.478 e. The first kappa shape index (κ1) is 33.3. The van der Waals surface area contributed by atoms with Crippen LogP contribution in [0.25, 0.3) is 22.3 Å². The van der Waals surface area contributed by atoms with Crippen LogP contribution in [0.15, 0.2) is 73.3 Å². The van der Waals surface area contributed by atoms with Gasteiger partial charge in [0.1, 0.15) is 13.8 Å². The van der Waals surface area contributed by atoms with Gasteiger partial charge in [0.15, 0.2) is 5.78 Å². The maximum atomic E-state index is 11.4. The first-order valence-electron chi connectivity index (χ1n) is 13.4. The number of pyridine rings is 1. The number of fused-ring (bicyclic) bond motifs is 2. The number of nitrogens with zero attached hydrogens (tertiary/aromatic N) is 5. The Kier molecular flexibility index (Phi) is 10.1. The standard InChI is InChI=1S/C14H11N3O2.C9H16N2OSi.C8H5NO2.CH4/c1-17-8-15-7-13(17)12-6-10(14(18)19)9-4-2-3-5-11(9)16-12;1-7(12)8-6-10-9(11(8)2)13(3,4)5;10-7-5-3-1-2-4-6(5)9-8(7)11;/h2-8H,1H3,(H,18,19);6H,1-5H3;1-4H,(H,9,10,11);1H4. The SMILES string of the molecule is C.CC(=O)c1cnc([Si](C)(C)C)n1C.Cn1cncc1-c1cc(C(=O)O)c2ccccc2n1.O=C1Nc2ccccc2C1=O. The maximum absolute atomic E-state index is 11.4. The number of hydrogen-bond donors (Lipinski definition) is 2. The molecule has 6 rings (SSSR count). The molecule has 0 fully saturated rings. The minimum Gasteiger partial charge on any atom is -0.478 e. The number of carbonyl (C=O) groups excluding carboxylic acids is 3. The van der Waals surface area contributed by atoms with Gasteiger partial charge in [-0.25, -0.2) is 19.7 Å². The lowest BCUT2D eigenvalue weighted by Crippen LogP contribution is -2.44. The molecule has 4 heterocycles. The van der Waals surface area contributed by atoms with Gasteiger partial charge in [0.2, 0.25) is 0 Å². The summed E-state index contributed by atoms with van der Waals surface area (Å²) in [4.78, 5) is 57.1. The van der Waals surface area contributed by atoms with Crippen LogP contribution in [0.3, 0.4) is 0 Å². The van der Waals surface area contributed by atoms with Crippen molar-refractivity contribution in [1.82, 2.24) is 24.1 Å². The summed E-state index contributed by atoms with van der Waals surface area (Å²) in [6, 6.07) is 15.7. The van der Waals surface area contributed by atoms with Crippen LogP contribution < -0.4 is 10.8 Å². The maximum Gasteiger partial charge on any atom is 0.336 e. The number of ketones is 2. The molecule has 12 heteroatoms. The summed E-state index contributed by atoms with van der Waals surface area (Å²) in [6.07, 6.45) is 5.01. The van der Waals surface area contributed by atoms with Crippen LogP contribution in [-0.4, -0.2) is 60.7 Å². The molecule has 0 bridgehead atoms. The number of benzene rings is 2. The third-order valence-electron chi connectivity index (χ3n) is 6.67. The number of rotatable bonds is 4. The second-order valence-corrected chi connectivity index (χ2v) is 15.9. The summed E-state index contributed by atoms with van der Waals surface area (Å²) in [5.41, 5.74) is 5.18. The van der Waals surface area contributed by atoms with Gasteiger partial charge in [0.25, 0.3) is 11.7 Å². The number of anilines is 1. The van der Waals surface area contributed by atoms with Gasteiger partial charge in [0, 0.05) is 26.4 Å². The number of Topliss-reactive ketones (excluding diaryl/α,β-unsaturated/α-hetero) is 2. The lowest BCUT2D eigenvalue weighted by Gasteiger charge is -2.15. The average molecular weight is 613 g/mol. The van der Waals surface area contributed by atoms with Crippen LogP contribution in [-0.2, 0) is 18.9 Å². The van der Waals surface area contributed by atoms with E-state index in [1.807, 2.05) is 35.4 Å². The van der Waals surface area contributed by atoms with Crippen LogP contribution in [0, 0.1) is 0 Å². The zero-order valence-electron chi connectivity index (χ0n) is 24.7. The van der Waals surface area contributed by atoms with Crippen molar-refractivity contribution in [2.75, 3.05) is 5.32 Å². The van der Waals surface area contributed by atoms with Crippen molar-refractivity contribution >= 4 is 53.6 Å². The molecule has 0 spiro atoms. The topological polar surface area (TPSA) is 149 Å². The average Bonchev–Trinajstić information content (AvgIpc) is 3.65. The Morgan fingerprint density at radius 3 is 2.16 bits per heavy atom. The van der Waals surface area contributed by atoms with Gasteiger partial charge < -0.3 is 19.6 Å². The molecule has 0 unspecified atom stereocenters. The van der Waals surface area contributed by atoms with Crippen molar-refractivity contribution in [3.63, 3.8) is 0 Å². The number of hydrogen-bond acceptors (Lipinski definition) is 7. The van der Waals surface area contributed by atoms with Gasteiger partial charge in [-0.05, 0) is 24.3 Å². The van der Waals surface area contributed by atoms with Crippen molar-refractivity contribution in [3.8, 4) is 11.4 Å². The van der Waals surface area contributed by atoms with Crippen LogP contribution in [0.2, 0.25) is 19.6 Å². The predicted octanol–water partition coefficient (Wildman–Crippen LogP) is 4.96. The van der Waals surface area contributed by atoms with Crippen molar-refractivity contribution in [1.29, 1.82) is 0 Å². The van der Waals surface area contributed by atoms with Crippen molar-refractivity contribution in [2.45, 2.75) is 34.0 Å². The van der Waals surface area contributed by atoms with Crippen molar-refractivity contribution in [3.05, 3.63) is 90.1 Å². The molecule has 11 nitrogen and oxygen atoms in total. The van der Waals surface area contributed by atoms with Crippen LogP contribution in [0.1, 0.15) is 45.6 Å². The van der Waals surface area contributed by atoms with E-state index in [1.54, 1.807) is 68.1 Å². The number of nitrogens with one attached hydrogen (secondary N) is 1. The lowest BCUT2D eigenvalue weighted by atomic mass is 10.1. The minimum atomic E-state index is -1.40. The monoisotopic (exact) mass is 612 g/mol. The van der Waals surface area contributed by atoms with Gasteiger partial charge in [-0.2, -0.15) is 0 Å². The van der Waals surface area contributed by atoms with E-state index in [0.29, 0.717) is 33.5 Å². The molecule has 0 saturated heterocycles. The number of para-hydroxylation sites is 2. The summed E-state index contributed by atoms with van der Waals surface area (Å²) in [7, 11) is 2.36. The lowest BCUT2D eigenvalue weighted by molar-refractivity contribution is -0.112. The van der Waals surface area contributed by atoms with Crippen LogP contribution >= 0.6 is 0 Å². The fraction of sp³-hybridized carbons (Fsp3) is 0.219. The Morgan fingerprint density at radius 1 is 0.955 bits per heavy atom. The molecule has 44 heavy (non-hydrogen) atoms. The third kappa shape index (κ3) is 7.04. The number of aromatic nitrogens is 5. The quantitative estimate of drug-likeness (QED) is 0.164. The van der Waals surface area contributed by atoms with Crippen LogP contribution in [0.4, 0.5) is 5.69 Å². The number of amides is 1. The molecule has 0 radical (unpaired) electrons. The molecular weight excluding hydrogens is 576 g/mol. The number of carbonyl (C=O) groups is 4. The number of aryl methyl sites for hydroxylation is 1. The van der Waals surface area contributed by atoms with E-state index < -0.39 is 25.7 Å². The van der Waals surface area contributed by atoms with Gasteiger partial charge in [0.05, 0.1) is 57.9 Å². The Labute approximate surface area is 256 Å². The fourth-order valence-corrected chi connectivity index (χ4v) is 6.19. The summed E-state index contributed by atoms with van der Waals surface area (Å²) in [6.45, 7) is 8.24. The molecular formula is C32H36N6O5Si. The highest BCUT2D eigenvalue weighted by atomic mass is 28.3. The normalized spacial score (nSPS) is 11.8. The first-order valence-corrected chi connectivity index (χ1v) is 16.9. The Bertz CT molecular complexity index is 1870. The Hall–Kier alpha value is -5.23. The molecule has 1 amide bonds. The highest BCUT2D eigenvalue weighted by Gasteiger charge is 2.26. The van der Waals surface area contributed by atoms with Gasteiger partial charge in [-0.15, -0.1) is 0 Å². The molecule has 2 N–H and O–H groups in total. The second-order valence-electron chi connectivity index (χ2n) is 10.9. The molecule has 0 atom stereocenters. The highest BCUT2D eigenvalue weighted by molar-refractivity contribution is 6.87. The fourth-order valence-electron chi connectivity index (χ4n) is 4.61. The summed E-state index contributed by atoms with van der Waals surface area (Å²) in [5, 5.41) is 12.4. The highest BCUT2D eigenvalue weighted by Crippen LogP contribution is 2.24. The Morgan fingerprint density at radius 2 is 1.61 bits per heavy atom. The summed E-state index contributed by atoms with van der Waals surface area (Å²) >= 11 is 0. The number of imidazole rings is 2. The van der Waals surface area contributed by atoms with E-state index in [9.17, 15) is 24.3 Å². The first-order chi connectivity index (χ1) is 20.3. The molecule has 0 saturated carbocycles. The molecule has 228 valence electrons. The summed E-state index contributed by atoms with van der Waals surface area (Å²) in [5.74, 6) is -1.85. The van der Waals surface area contributed by atoms with E-state index >= 15 is 0 Å². The van der Waals surface area contributed by atoms with E-state index in [-0.39, 0.29) is 18.8 Å². The van der Waals surface area contributed by atoms with E-state index in [1.165, 1.54) is 0 Å². The Balaban J connectivity index is 0.000000187. The van der Waals surface area contributed by atoms with Gasteiger partial charge in [-0.3, -0.25) is 14.4 Å². The molecule has 0 aliphatic carbocycles. The van der Waals surface area contributed by atoms with E-state index in [2.05, 4.69) is 39.9 Å². The number of aromatic carboxylic acids is 1. The molecule has 2 aromatic carbocycles. The third-order valence-corrected chi connectivity index (χ3v) is 8.48. The van der Waals surface area contributed by atoms with E-state index in [4.69, 9.17) is 0 Å². The number of carboxylic acid groups (broad SMARTS) is 1. The van der Waals surface area contributed by atoms with Crippen LogP contribution in [0.5, 0.6) is 0 Å². The van der Waals surface area contributed by atoms with Crippen molar-refractivity contribution < 1.29 is 24.3 Å². The zero-order chi connectivity index (χ0) is 31.5. The van der Waals surface area contributed by atoms with E-state index in [0.717, 1.165) is 11.1 Å². The number of carboxylic acids is 1. The molecule has 5 aromatic rings. The predicted molar refractivity (Wildman–Crippen MR) is 173 cm³/mol. The second kappa shape index (κ2) is 13.4. The molecule has 1 aliphatic rings. The minimum absolute atomic E-state index is 0.